The summed E-state index contributed by atoms with van der Waals surface area (Å²) in [5.41, 5.74) is 6.14. The molecule has 0 bridgehead atoms. The van der Waals surface area contributed by atoms with Crippen molar-refractivity contribution in [1.29, 1.82) is 0 Å². The SMILES string of the molecule is NC(=O)Nc1cccc(NC(=O)c2ccc(Br)s2)c1. The quantitative estimate of drug-likeness (QED) is 0.801. The van der Waals surface area contributed by atoms with E-state index in [0.717, 1.165) is 3.79 Å². The number of thiophene rings is 1. The van der Waals surface area contributed by atoms with Gasteiger partial charge in [-0.05, 0) is 46.3 Å². The van der Waals surface area contributed by atoms with Crippen molar-refractivity contribution in [3.05, 3.63) is 45.1 Å². The van der Waals surface area contributed by atoms with E-state index in [9.17, 15) is 9.59 Å². The molecule has 0 fully saturated rings. The molecule has 4 N–H and O–H groups in total. The average Bonchev–Trinajstić information content (AvgIpc) is 2.75. The summed E-state index contributed by atoms with van der Waals surface area (Å²) in [6.07, 6.45) is 0. The Balaban J connectivity index is 2.10. The molecule has 1 aromatic carbocycles. The predicted octanol–water partition coefficient (Wildman–Crippen LogP) is 3.25. The van der Waals surface area contributed by atoms with Crippen LogP contribution in [0.4, 0.5) is 16.2 Å². The highest BCUT2D eigenvalue weighted by Gasteiger charge is 2.09. The molecule has 2 rings (SSSR count). The summed E-state index contributed by atoms with van der Waals surface area (Å²) < 4.78 is 0.891. The van der Waals surface area contributed by atoms with Crippen molar-refractivity contribution < 1.29 is 9.59 Å². The van der Waals surface area contributed by atoms with Gasteiger partial charge in [-0.1, -0.05) is 6.07 Å². The van der Waals surface area contributed by atoms with Crippen LogP contribution in [0.1, 0.15) is 9.67 Å². The molecule has 0 saturated heterocycles. The van der Waals surface area contributed by atoms with E-state index in [0.29, 0.717) is 16.3 Å². The topological polar surface area (TPSA) is 84.2 Å². The van der Waals surface area contributed by atoms with E-state index in [1.165, 1.54) is 11.3 Å². The van der Waals surface area contributed by atoms with Gasteiger partial charge in [-0.3, -0.25) is 4.79 Å². The summed E-state index contributed by atoms with van der Waals surface area (Å²) >= 11 is 4.65. The molecule has 1 heterocycles. The van der Waals surface area contributed by atoms with Crippen LogP contribution in [0.3, 0.4) is 0 Å². The minimum absolute atomic E-state index is 0.202. The molecule has 0 unspecified atom stereocenters. The number of hydrogen-bond acceptors (Lipinski definition) is 3. The Morgan fingerprint density at radius 3 is 2.37 bits per heavy atom. The molecule has 19 heavy (non-hydrogen) atoms. The van der Waals surface area contributed by atoms with E-state index < -0.39 is 6.03 Å². The molecule has 0 saturated carbocycles. The molecule has 1 aromatic heterocycles. The van der Waals surface area contributed by atoms with Crippen molar-refractivity contribution in [2.75, 3.05) is 10.6 Å². The van der Waals surface area contributed by atoms with Gasteiger partial charge in [0.1, 0.15) is 0 Å². The van der Waals surface area contributed by atoms with Crippen LogP contribution in [-0.4, -0.2) is 11.9 Å². The minimum atomic E-state index is -0.648. The third-order valence-electron chi connectivity index (χ3n) is 2.18. The van der Waals surface area contributed by atoms with E-state index in [2.05, 4.69) is 26.6 Å². The predicted molar refractivity (Wildman–Crippen MR) is 79.6 cm³/mol. The summed E-state index contributed by atoms with van der Waals surface area (Å²) in [5.74, 6) is -0.202. The Morgan fingerprint density at radius 1 is 1.11 bits per heavy atom. The molecule has 3 amide bonds. The molecule has 0 aliphatic carbocycles. The standard InChI is InChI=1S/C12H10BrN3O2S/c13-10-5-4-9(19-10)11(17)15-7-2-1-3-8(6-7)16-12(14)18/h1-6H,(H,15,17)(H3,14,16,18). The van der Waals surface area contributed by atoms with Crippen molar-refractivity contribution >= 4 is 50.6 Å². The minimum Gasteiger partial charge on any atom is -0.351 e. The number of benzene rings is 1. The van der Waals surface area contributed by atoms with Crippen LogP contribution < -0.4 is 16.4 Å². The average molecular weight is 340 g/mol. The zero-order valence-corrected chi connectivity index (χ0v) is 12.0. The maximum absolute atomic E-state index is 11.9. The first-order chi connectivity index (χ1) is 9.04. The summed E-state index contributed by atoms with van der Waals surface area (Å²) in [5, 5.41) is 5.19. The maximum Gasteiger partial charge on any atom is 0.316 e. The number of nitrogens with two attached hydrogens (primary N) is 1. The highest BCUT2D eigenvalue weighted by Crippen LogP contribution is 2.23. The van der Waals surface area contributed by atoms with E-state index >= 15 is 0 Å². The van der Waals surface area contributed by atoms with Crippen molar-refractivity contribution in [2.24, 2.45) is 5.73 Å². The molecule has 7 heteroatoms. The van der Waals surface area contributed by atoms with E-state index in [4.69, 9.17) is 5.73 Å². The highest BCUT2D eigenvalue weighted by molar-refractivity contribution is 9.11. The second-order valence-corrected chi connectivity index (χ2v) is 6.09. The summed E-state index contributed by atoms with van der Waals surface area (Å²) in [6, 6.07) is 9.65. The number of carbonyl (C=O) groups excluding carboxylic acids is 2. The van der Waals surface area contributed by atoms with Gasteiger partial charge in [0.15, 0.2) is 0 Å². The normalized spacial score (nSPS) is 9.95. The molecule has 98 valence electrons. The Kier molecular flexibility index (Phi) is 4.18. The Morgan fingerprint density at radius 2 is 1.79 bits per heavy atom. The van der Waals surface area contributed by atoms with Crippen LogP contribution >= 0.6 is 27.3 Å². The zero-order valence-electron chi connectivity index (χ0n) is 9.64. The van der Waals surface area contributed by atoms with Crippen LogP contribution in [0.2, 0.25) is 0 Å². The first kappa shape index (κ1) is 13.6. The molecule has 2 aromatic rings. The largest absolute Gasteiger partial charge is 0.351 e. The molecular weight excluding hydrogens is 330 g/mol. The summed E-state index contributed by atoms with van der Waals surface area (Å²) in [6.45, 7) is 0. The number of urea groups is 1. The number of halogens is 1. The molecule has 0 atom stereocenters. The number of carbonyl (C=O) groups is 2. The van der Waals surface area contributed by atoms with Gasteiger partial charge in [-0.15, -0.1) is 11.3 Å². The lowest BCUT2D eigenvalue weighted by molar-refractivity contribution is 0.103. The van der Waals surface area contributed by atoms with Crippen LogP contribution in [0.5, 0.6) is 0 Å². The maximum atomic E-state index is 11.9. The fourth-order valence-corrected chi connectivity index (χ4v) is 2.73. The lowest BCUT2D eigenvalue weighted by atomic mass is 10.2. The second kappa shape index (κ2) is 5.85. The van der Waals surface area contributed by atoms with Crippen LogP contribution in [0.25, 0.3) is 0 Å². The molecule has 0 spiro atoms. The third kappa shape index (κ3) is 3.80. The lowest BCUT2D eigenvalue weighted by Crippen LogP contribution is -2.19. The number of primary amides is 1. The number of hydrogen-bond donors (Lipinski definition) is 3. The van der Waals surface area contributed by atoms with E-state index in [-0.39, 0.29) is 5.91 Å². The number of anilines is 2. The van der Waals surface area contributed by atoms with Gasteiger partial charge in [0.25, 0.3) is 5.91 Å². The highest BCUT2D eigenvalue weighted by atomic mass is 79.9. The smallest absolute Gasteiger partial charge is 0.316 e. The van der Waals surface area contributed by atoms with Gasteiger partial charge in [0.05, 0.1) is 8.66 Å². The third-order valence-corrected chi connectivity index (χ3v) is 3.81. The summed E-state index contributed by atoms with van der Waals surface area (Å²) in [4.78, 5) is 23.3. The number of nitrogens with one attached hydrogen (secondary N) is 2. The fourth-order valence-electron chi connectivity index (χ4n) is 1.45. The molecular formula is C12H10BrN3O2S. The first-order valence-corrected chi connectivity index (χ1v) is 6.89. The number of rotatable bonds is 3. The van der Waals surface area contributed by atoms with Gasteiger partial charge in [-0.2, -0.15) is 0 Å². The Hall–Kier alpha value is -1.86. The van der Waals surface area contributed by atoms with E-state index in [1.807, 2.05) is 6.07 Å². The van der Waals surface area contributed by atoms with Crippen molar-refractivity contribution in [3.8, 4) is 0 Å². The summed E-state index contributed by atoms with van der Waals surface area (Å²) in [7, 11) is 0. The Labute approximate surface area is 121 Å². The van der Waals surface area contributed by atoms with Gasteiger partial charge in [0.2, 0.25) is 0 Å². The van der Waals surface area contributed by atoms with Crippen LogP contribution in [-0.2, 0) is 0 Å². The Bertz CT molecular complexity index is 627. The van der Waals surface area contributed by atoms with Crippen LogP contribution in [0, 0.1) is 0 Å². The van der Waals surface area contributed by atoms with Crippen molar-refractivity contribution in [3.63, 3.8) is 0 Å². The van der Waals surface area contributed by atoms with Gasteiger partial charge in [0, 0.05) is 11.4 Å². The van der Waals surface area contributed by atoms with E-state index in [1.54, 1.807) is 30.3 Å². The fraction of sp³-hybridized carbons (Fsp3) is 0. The first-order valence-electron chi connectivity index (χ1n) is 5.28. The van der Waals surface area contributed by atoms with Crippen LogP contribution in [0.15, 0.2) is 40.2 Å². The van der Waals surface area contributed by atoms with Gasteiger partial charge < -0.3 is 16.4 Å². The number of amides is 3. The second-order valence-electron chi connectivity index (χ2n) is 3.63. The molecule has 0 aliphatic rings. The molecule has 0 radical (unpaired) electrons. The van der Waals surface area contributed by atoms with Gasteiger partial charge >= 0.3 is 6.03 Å². The van der Waals surface area contributed by atoms with Crippen molar-refractivity contribution in [1.82, 2.24) is 0 Å². The lowest BCUT2D eigenvalue weighted by Gasteiger charge is -2.06. The van der Waals surface area contributed by atoms with Gasteiger partial charge in [-0.25, -0.2) is 4.79 Å². The van der Waals surface area contributed by atoms with Crippen molar-refractivity contribution in [2.45, 2.75) is 0 Å². The molecule has 5 nitrogen and oxygen atoms in total. The monoisotopic (exact) mass is 339 g/mol. The zero-order chi connectivity index (χ0) is 13.8. The molecule has 0 aliphatic heterocycles.